The number of alkyl carbamates (subject to hydrolysis) is 1. The van der Waals surface area contributed by atoms with Gasteiger partial charge in [-0.1, -0.05) is 42.5 Å². The van der Waals surface area contributed by atoms with Gasteiger partial charge in [0.05, 0.1) is 39.5 Å². The van der Waals surface area contributed by atoms with Crippen molar-refractivity contribution < 1.29 is 28.5 Å². The number of nitrogens with zero attached hydrogens (tertiary/aromatic N) is 1. The Bertz CT molecular complexity index is 1180. The fourth-order valence-corrected chi connectivity index (χ4v) is 3.43. The number of hydrogen-bond donors (Lipinski definition) is 2. The molecule has 0 bridgehead atoms. The van der Waals surface area contributed by atoms with E-state index >= 15 is 0 Å². The number of carbonyl (C=O) groups is 2. The van der Waals surface area contributed by atoms with E-state index < -0.39 is 12.1 Å². The fourth-order valence-electron chi connectivity index (χ4n) is 3.43. The maximum atomic E-state index is 12.5. The average Bonchev–Trinajstić information content (AvgIpc) is 2.92. The number of nitrogens with one attached hydrogen (secondary N) is 2. The van der Waals surface area contributed by atoms with E-state index in [1.807, 2.05) is 54.6 Å². The summed E-state index contributed by atoms with van der Waals surface area (Å²) in [5, 5.41) is 6.76. The standard InChI is InChI=1S/C28H31N3O6/c1-4-36-28(33)30-24(22-8-6-5-7-9-22)17-27(32)31-29-18-21-12-15-25(26(16-21)35-3)37-19-20-10-13-23(34-2)14-11-20/h5-16,18,24H,4,17,19H2,1-3H3,(H,30,33)(H,31,32)/b29-18-/t24-/m0/s1. The lowest BCUT2D eigenvalue weighted by atomic mass is 10.0. The molecule has 9 heteroatoms. The maximum Gasteiger partial charge on any atom is 0.407 e. The second-order valence-corrected chi connectivity index (χ2v) is 7.87. The van der Waals surface area contributed by atoms with Crippen molar-refractivity contribution in [2.24, 2.45) is 5.10 Å². The summed E-state index contributed by atoms with van der Waals surface area (Å²) in [4.78, 5) is 24.5. The minimum absolute atomic E-state index is 0.0123. The molecule has 0 unspecified atom stereocenters. The van der Waals surface area contributed by atoms with Crippen molar-refractivity contribution in [3.8, 4) is 17.2 Å². The third-order valence-electron chi connectivity index (χ3n) is 5.30. The van der Waals surface area contributed by atoms with Gasteiger partial charge in [0.25, 0.3) is 0 Å². The molecule has 2 amide bonds. The van der Waals surface area contributed by atoms with Crippen LogP contribution in [0.2, 0.25) is 0 Å². The van der Waals surface area contributed by atoms with Gasteiger partial charge in [-0.3, -0.25) is 4.79 Å². The van der Waals surface area contributed by atoms with Gasteiger partial charge in [-0.2, -0.15) is 5.10 Å². The molecule has 3 aromatic rings. The van der Waals surface area contributed by atoms with Crippen molar-refractivity contribution in [3.63, 3.8) is 0 Å². The van der Waals surface area contributed by atoms with Gasteiger partial charge in [0, 0.05) is 0 Å². The fraction of sp³-hybridized carbons (Fsp3) is 0.250. The van der Waals surface area contributed by atoms with Crippen molar-refractivity contribution >= 4 is 18.2 Å². The van der Waals surface area contributed by atoms with Crippen LogP contribution < -0.4 is 25.0 Å². The highest BCUT2D eigenvalue weighted by atomic mass is 16.5. The number of benzene rings is 3. The maximum absolute atomic E-state index is 12.5. The van der Waals surface area contributed by atoms with Crippen LogP contribution >= 0.6 is 0 Å². The van der Waals surface area contributed by atoms with Crippen LogP contribution in [0.4, 0.5) is 4.79 Å². The Kier molecular flexibility index (Phi) is 10.3. The zero-order chi connectivity index (χ0) is 26.5. The predicted molar refractivity (Wildman–Crippen MR) is 140 cm³/mol. The normalized spacial score (nSPS) is 11.4. The topological polar surface area (TPSA) is 107 Å². The molecule has 0 aliphatic carbocycles. The van der Waals surface area contributed by atoms with E-state index in [1.165, 1.54) is 6.21 Å². The number of amides is 2. The van der Waals surface area contributed by atoms with Gasteiger partial charge in [0.2, 0.25) is 5.91 Å². The molecule has 0 heterocycles. The van der Waals surface area contributed by atoms with Crippen LogP contribution in [0.15, 0.2) is 77.9 Å². The molecule has 2 N–H and O–H groups in total. The van der Waals surface area contributed by atoms with E-state index in [0.29, 0.717) is 23.7 Å². The van der Waals surface area contributed by atoms with Gasteiger partial charge in [-0.05, 0) is 53.9 Å². The Morgan fingerprint density at radius 3 is 2.38 bits per heavy atom. The summed E-state index contributed by atoms with van der Waals surface area (Å²) in [6.07, 6.45) is 0.903. The summed E-state index contributed by atoms with van der Waals surface area (Å²) < 4.78 is 21.5. The summed E-state index contributed by atoms with van der Waals surface area (Å²) in [7, 11) is 3.18. The van der Waals surface area contributed by atoms with E-state index in [0.717, 1.165) is 16.9 Å². The molecule has 37 heavy (non-hydrogen) atoms. The molecule has 0 aliphatic rings. The molecule has 0 aliphatic heterocycles. The van der Waals surface area contributed by atoms with E-state index in [9.17, 15) is 9.59 Å². The molecule has 3 aromatic carbocycles. The van der Waals surface area contributed by atoms with Crippen LogP contribution in [-0.4, -0.2) is 39.0 Å². The number of hydrogen-bond acceptors (Lipinski definition) is 7. The molecule has 0 saturated carbocycles. The highest BCUT2D eigenvalue weighted by Gasteiger charge is 2.18. The molecule has 9 nitrogen and oxygen atoms in total. The summed E-state index contributed by atoms with van der Waals surface area (Å²) in [6.45, 7) is 2.32. The molecule has 0 fully saturated rings. The first kappa shape index (κ1) is 27.1. The Balaban J connectivity index is 1.58. The number of carbonyl (C=O) groups excluding carboxylic acids is 2. The molecule has 1 atom stereocenters. The molecule has 194 valence electrons. The second kappa shape index (κ2) is 14.1. The lowest BCUT2D eigenvalue weighted by Crippen LogP contribution is -2.33. The molecule has 0 saturated heterocycles. The van der Waals surface area contributed by atoms with E-state index in [2.05, 4.69) is 15.8 Å². The van der Waals surface area contributed by atoms with Crippen LogP contribution in [0.1, 0.15) is 36.1 Å². The van der Waals surface area contributed by atoms with Crippen LogP contribution in [0.5, 0.6) is 17.2 Å². The quantitative estimate of drug-likeness (QED) is 0.275. The zero-order valence-electron chi connectivity index (χ0n) is 21.1. The largest absolute Gasteiger partial charge is 0.497 e. The van der Waals surface area contributed by atoms with E-state index in [-0.39, 0.29) is 18.9 Å². The van der Waals surface area contributed by atoms with Crippen LogP contribution in [0.25, 0.3) is 0 Å². The number of methoxy groups -OCH3 is 2. The third kappa shape index (κ3) is 8.57. The van der Waals surface area contributed by atoms with Gasteiger partial charge < -0.3 is 24.3 Å². The first-order valence-electron chi connectivity index (χ1n) is 11.8. The van der Waals surface area contributed by atoms with E-state index in [1.54, 1.807) is 39.3 Å². The Morgan fingerprint density at radius 1 is 0.946 bits per heavy atom. The molecular formula is C28H31N3O6. The van der Waals surface area contributed by atoms with E-state index in [4.69, 9.17) is 18.9 Å². The highest BCUT2D eigenvalue weighted by Crippen LogP contribution is 2.28. The highest BCUT2D eigenvalue weighted by molar-refractivity contribution is 5.83. The zero-order valence-corrected chi connectivity index (χ0v) is 21.1. The van der Waals surface area contributed by atoms with Crippen LogP contribution in [0.3, 0.4) is 0 Å². The molecular weight excluding hydrogens is 474 g/mol. The van der Waals surface area contributed by atoms with Gasteiger partial charge in [0.15, 0.2) is 11.5 Å². The summed E-state index contributed by atoms with van der Waals surface area (Å²) >= 11 is 0. The smallest absolute Gasteiger partial charge is 0.407 e. The van der Waals surface area contributed by atoms with Gasteiger partial charge in [-0.25, -0.2) is 10.2 Å². The van der Waals surface area contributed by atoms with Crippen molar-refractivity contribution in [1.29, 1.82) is 0 Å². The summed E-state index contributed by atoms with van der Waals surface area (Å²) in [5.74, 6) is 1.53. The van der Waals surface area contributed by atoms with Gasteiger partial charge in [-0.15, -0.1) is 0 Å². The molecule has 3 rings (SSSR count). The lowest BCUT2D eigenvalue weighted by Gasteiger charge is -2.18. The van der Waals surface area contributed by atoms with Crippen molar-refractivity contribution in [3.05, 3.63) is 89.5 Å². The van der Waals surface area contributed by atoms with Gasteiger partial charge in [0.1, 0.15) is 12.4 Å². The van der Waals surface area contributed by atoms with Crippen molar-refractivity contribution in [1.82, 2.24) is 10.7 Å². The second-order valence-electron chi connectivity index (χ2n) is 7.87. The molecule has 0 spiro atoms. The average molecular weight is 506 g/mol. The first-order valence-corrected chi connectivity index (χ1v) is 11.8. The Morgan fingerprint density at radius 2 is 1.70 bits per heavy atom. The Labute approximate surface area is 216 Å². The monoisotopic (exact) mass is 505 g/mol. The lowest BCUT2D eigenvalue weighted by molar-refractivity contribution is -0.121. The SMILES string of the molecule is CCOC(=O)N[C@@H](CC(=O)N/N=C\c1ccc(OCc2ccc(OC)cc2)c(OC)c1)c1ccccc1. The third-order valence-corrected chi connectivity index (χ3v) is 5.30. The summed E-state index contributed by atoms with van der Waals surface area (Å²) in [5.41, 5.74) is 4.98. The van der Waals surface area contributed by atoms with Crippen LogP contribution in [0, 0.1) is 0 Å². The first-order chi connectivity index (χ1) is 18.0. The van der Waals surface area contributed by atoms with Crippen molar-refractivity contribution in [2.75, 3.05) is 20.8 Å². The van der Waals surface area contributed by atoms with Crippen LogP contribution in [-0.2, 0) is 16.1 Å². The Hall–Kier alpha value is -4.53. The predicted octanol–water partition coefficient (Wildman–Crippen LogP) is 4.61. The van der Waals surface area contributed by atoms with Gasteiger partial charge >= 0.3 is 6.09 Å². The van der Waals surface area contributed by atoms with Crippen molar-refractivity contribution in [2.45, 2.75) is 26.0 Å². The summed E-state index contributed by atoms with van der Waals surface area (Å²) in [6, 6.07) is 21.6. The number of hydrazone groups is 1. The molecule has 0 radical (unpaired) electrons. The minimum atomic E-state index is -0.589. The minimum Gasteiger partial charge on any atom is -0.497 e. The number of rotatable bonds is 12. The molecule has 0 aromatic heterocycles. The number of ether oxygens (including phenoxy) is 4.